The van der Waals surface area contributed by atoms with Gasteiger partial charge in [-0.15, -0.1) is 0 Å². The molecule has 7 heteroatoms. The number of nitrogens with zero attached hydrogens (tertiary/aromatic N) is 2. The molecule has 0 atom stereocenters. The maximum Gasteiger partial charge on any atom is 0.204 e. The Morgan fingerprint density at radius 1 is 1.00 bits per heavy atom. The summed E-state index contributed by atoms with van der Waals surface area (Å²) in [5.41, 5.74) is 2.89. The van der Waals surface area contributed by atoms with Crippen molar-refractivity contribution in [1.29, 1.82) is 0 Å². The molecule has 0 spiro atoms. The molecule has 0 amide bonds. The molecule has 5 aromatic rings. The fourth-order valence-corrected chi connectivity index (χ4v) is 3.89. The van der Waals surface area contributed by atoms with Gasteiger partial charge in [-0.1, -0.05) is 24.3 Å². The lowest BCUT2D eigenvalue weighted by molar-refractivity contribution is 0.302. The summed E-state index contributed by atoms with van der Waals surface area (Å²) in [5, 5.41) is 20.0. The van der Waals surface area contributed by atoms with E-state index >= 15 is 0 Å². The number of imidazole rings is 1. The van der Waals surface area contributed by atoms with Crippen molar-refractivity contribution < 1.29 is 19.4 Å². The van der Waals surface area contributed by atoms with Crippen molar-refractivity contribution in [2.75, 3.05) is 6.61 Å². The molecule has 0 aliphatic heterocycles. The van der Waals surface area contributed by atoms with Crippen LogP contribution in [-0.2, 0) is 6.54 Å². The molecule has 0 aliphatic rings. The van der Waals surface area contributed by atoms with E-state index in [1.165, 1.54) is 24.5 Å². The zero-order valence-corrected chi connectivity index (χ0v) is 17.8. The molecule has 2 aromatic heterocycles. The minimum atomic E-state index is -0.349. The van der Waals surface area contributed by atoms with Gasteiger partial charge in [0.1, 0.15) is 34.5 Å². The molecule has 0 saturated carbocycles. The van der Waals surface area contributed by atoms with Crippen LogP contribution in [0.15, 0.2) is 82.5 Å². The predicted octanol–water partition coefficient (Wildman–Crippen LogP) is 5.08. The van der Waals surface area contributed by atoms with Crippen molar-refractivity contribution in [3.8, 4) is 28.4 Å². The Bertz CT molecular complexity index is 1480. The van der Waals surface area contributed by atoms with Gasteiger partial charge in [0.25, 0.3) is 0 Å². The third-order valence-corrected chi connectivity index (χ3v) is 5.60. The van der Waals surface area contributed by atoms with Crippen LogP contribution in [0.2, 0.25) is 0 Å². The molecule has 0 unspecified atom stereocenters. The van der Waals surface area contributed by atoms with Crippen molar-refractivity contribution in [3.05, 3.63) is 83.5 Å². The third kappa shape index (κ3) is 4.13. The molecule has 166 valence electrons. The Morgan fingerprint density at radius 3 is 2.67 bits per heavy atom. The van der Waals surface area contributed by atoms with Gasteiger partial charge in [-0.2, -0.15) is 0 Å². The predicted molar refractivity (Wildman–Crippen MR) is 126 cm³/mol. The summed E-state index contributed by atoms with van der Waals surface area (Å²) in [5.74, 6) is 0.349. The summed E-state index contributed by atoms with van der Waals surface area (Å²) in [7, 11) is 0. The molecule has 3 aromatic carbocycles. The average Bonchev–Trinajstić information content (AvgIpc) is 3.23. The number of hydrogen-bond donors (Lipinski definition) is 2. The highest BCUT2D eigenvalue weighted by Crippen LogP contribution is 2.30. The quantitative estimate of drug-likeness (QED) is 0.341. The highest BCUT2D eigenvalue weighted by molar-refractivity contribution is 5.88. The van der Waals surface area contributed by atoms with E-state index in [2.05, 4.69) is 15.6 Å². The number of para-hydroxylation sites is 2. The van der Waals surface area contributed by atoms with E-state index in [1.54, 1.807) is 18.2 Å². The fraction of sp³-hybridized carbons (Fsp3) is 0.154. The zero-order valence-electron chi connectivity index (χ0n) is 17.8. The monoisotopic (exact) mass is 442 g/mol. The van der Waals surface area contributed by atoms with Gasteiger partial charge in [0, 0.05) is 18.7 Å². The lowest BCUT2D eigenvalue weighted by atomic mass is 10.0. The molecule has 7 nitrogen and oxygen atoms in total. The van der Waals surface area contributed by atoms with Crippen LogP contribution in [0.25, 0.3) is 33.1 Å². The van der Waals surface area contributed by atoms with Gasteiger partial charge >= 0.3 is 0 Å². The number of benzene rings is 3. The number of aromatic nitrogens is 2. The molecule has 33 heavy (non-hydrogen) atoms. The van der Waals surface area contributed by atoms with Crippen LogP contribution in [0.4, 0.5) is 0 Å². The highest BCUT2D eigenvalue weighted by Gasteiger charge is 2.14. The largest absolute Gasteiger partial charge is 0.508 e. The summed E-state index contributed by atoms with van der Waals surface area (Å²) in [6, 6.07) is 17.3. The van der Waals surface area contributed by atoms with Gasteiger partial charge in [-0.05, 0) is 42.7 Å². The Labute approximate surface area is 189 Å². The maximum atomic E-state index is 12.9. The third-order valence-electron chi connectivity index (χ3n) is 5.60. The molecule has 5 rings (SSSR count). The number of ether oxygens (including phenoxy) is 1. The molecule has 2 heterocycles. The minimum absolute atomic E-state index is 0.0971. The number of aromatic hydroxyl groups is 2. The van der Waals surface area contributed by atoms with Crippen molar-refractivity contribution in [2.24, 2.45) is 0 Å². The van der Waals surface area contributed by atoms with E-state index in [0.29, 0.717) is 23.5 Å². The van der Waals surface area contributed by atoms with Gasteiger partial charge in [0.05, 0.1) is 29.5 Å². The van der Waals surface area contributed by atoms with E-state index < -0.39 is 0 Å². The van der Waals surface area contributed by atoms with Crippen LogP contribution in [0.3, 0.4) is 0 Å². The van der Waals surface area contributed by atoms with E-state index in [0.717, 1.165) is 30.4 Å². The Hall–Kier alpha value is -4.26. The molecular formula is C26H22N2O5. The van der Waals surface area contributed by atoms with E-state index in [4.69, 9.17) is 9.15 Å². The zero-order chi connectivity index (χ0) is 22.8. The molecule has 0 bridgehead atoms. The second-order valence-electron chi connectivity index (χ2n) is 7.82. The lowest BCUT2D eigenvalue weighted by Crippen LogP contribution is -2.06. The topological polar surface area (TPSA) is 97.7 Å². The molecule has 2 N–H and O–H groups in total. The number of phenolic OH excluding ortho intramolecular Hbond substituents is 2. The average molecular weight is 442 g/mol. The second kappa shape index (κ2) is 8.70. The summed E-state index contributed by atoms with van der Waals surface area (Å²) in [4.78, 5) is 17.3. The van der Waals surface area contributed by atoms with Crippen molar-refractivity contribution in [2.45, 2.75) is 19.4 Å². The van der Waals surface area contributed by atoms with Crippen LogP contribution in [0, 0.1) is 0 Å². The number of phenols is 2. The van der Waals surface area contributed by atoms with Crippen LogP contribution in [0.1, 0.15) is 12.8 Å². The fourth-order valence-electron chi connectivity index (χ4n) is 3.89. The van der Waals surface area contributed by atoms with Crippen LogP contribution in [-0.4, -0.2) is 26.4 Å². The molecule has 0 aliphatic carbocycles. The first-order valence-electron chi connectivity index (χ1n) is 10.7. The van der Waals surface area contributed by atoms with Crippen molar-refractivity contribution in [1.82, 2.24) is 9.55 Å². The van der Waals surface area contributed by atoms with Gasteiger partial charge in [-0.3, -0.25) is 4.79 Å². The Kier molecular flexibility index (Phi) is 5.44. The number of aryl methyl sites for hydroxylation is 1. The van der Waals surface area contributed by atoms with Gasteiger partial charge in [0.15, 0.2) is 0 Å². The number of unbranched alkanes of at least 4 members (excludes halogenated alkanes) is 1. The lowest BCUT2D eigenvalue weighted by Gasteiger charge is -2.10. The number of rotatable bonds is 7. The first kappa shape index (κ1) is 20.6. The van der Waals surface area contributed by atoms with Crippen LogP contribution >= 0.6 is 0 Å². The highest BCUT2D eigenvalue weighted by atomic mass is 16.5. The molecule has 0 saturated heterocycles. The summed E-state index contributed by atoms with van der Waals surface area (Å²) < 4.78 is 13.6. The van der Waals surface area contributed by atoms with Gasteiger partial charge in [-0.25, -0.2) is 4.98 Å². The normalized spacial score (nSPS) is 11.3. The summed E-state index contributed by atoms with van der Waals surface area (Å²) >= 11 is 0. The molecule has 0 radical (unpaired) electrons. The van der Waals surface area contributed by atoms with Crippen LogP contribution in [0.5, 0.6) is 17.2 Å². The minimum Gasteiger partial charge on any atom is -0.508 e. The van der Waals surface area contributed by atoms with Gasteiger partial charge < -0.3 is 23.9 Å². The van der Waals surface area contributed by atoms with E-state index in [1.807, 2.05) is 24.5 Å². The Morgan fingerprint density at radius 2 is 1.82 bits per heavy atom. The standard InChI is InChI=1S/C26H22N2O5/c29-18-9-7-17(8-10-18)20-15-33-24-14-19(13-23(30)25(24)26(20)31)32-12-4-3-11-28-16-27-21-5-1-2-6-22(21)28/h1-2,5-10,13-16,29-30H,3-4,11-12H2. The molecular weight excluding hydrogens is 420 g/mol. The Balaban J connectivity index is 1.26. The first-order valence-corrected chi connectivity index (χ1v) is 10.7. The maximum absolute atomic E-state index is 12.9. The SMILES string of the molecule is O=c1c(-c2ccc(O)cc2)coc2cc(OCCCCn3cnc4ccccc43)cc(O)c12. The first-order chi connectivity index (χ1) is 16.1. The van der Waals surface area contributed by atoms with Crippen LogP contribution < -0.4 is 10.2 Å². The smallest absolute Gasteiger partial charge is 0.204 e. The van der Waals surface area contributed by atoms with E-state index in [9.17, 15) is 15.0 Å². The second-order valence-corrected chi connectivity index (χ2v) is 7.82. The van der Waals surface area contributed by atoms with Crippen molar-refractivity contribution in [3.63, 3.8) is 0 Å². The number of fused-ring (bicyclic) bond motifs is 2. The van der Waals surface area contributed by atoms with Gasteiger partial charge in [0.2, 0.25) is 5.43 Å². The number of hydrogen-bond acceptors (Lipinski definition) is 6. The molecule has 0 fully saturated rings. The summed E-state index contributed by atoms with van der Waals surface area (Å²) in [6.45, 7) is 1.30. The van der Waals surface area contributed by atoms with E-state index in [-0.39, 0.29) is 27.9 Å². The van der Waals surface area contributed by atoms with Crippen molar-refractivity contribution >= 4 is 22.0 Å². The summed E-state index contributed by atoms with van der Waals surface area (Å²) in [6.07, 6.45) is 4.93.